The summed E-state index contributed by atoms with van der Waals surface area (Å²) in [5, 5.41) is 0. The number of unbranched alkanes of at least 4 members (excludes halogenated alkanes) is 7. The topological polar surface area (TPSA) is 0 Å². The van der Waals surface area contributed by atoms with Gasteiger partial charge in [0.1, 0.15) is 0 Å². The molecule has 0 amide bonds. The Morgan fingerprint density at radius 2 is 1.53 bits per heavy atom. The average molecular weight is 234 g/mol. The molecule has 0 aromatic heterocycles. The van der Waals surface area contributed by atoms with Crippen LogP contribution in [0.1, 0.15) is 85.0 Å². The SMILES string of the molecule is CCCCC#C/C=C(\C)CCCCCCCC. The lowest BCUT2D eigenvalue weighted by Gasteiger charge is -2.00. The van der Waals surface area contributed by atoms with E-state index in [0.717, 1.165) is 6.42 Å². The van der Waals surface area contributed by atoms with Crippen LogP contribution >= 0.6 is 0 Å². The Morgan fingerprint density at radius 3 is 2.24 bits per heavy atom. The summed E-state index contributed by atoms with van der Waals surface area (Å²) < 4.78 is 0. The first kappa shape index (κ1) is 16.3. The van der Waals surface area contributed by atoms with Crippen LogP contribution < -0.4 is 0 Å². The minimum Gasteiger partial charge on any atom is -0.0985 e. The summed E-state index contributed by atoms with van der Waals surface area (Å²) >= 11 is 0. The van der Waals surface area contributed by atoms with Gasteiger partial charge in [-0.3, -0.25) is 0 Å². The molecule has 0 saturated carbocycles. The first-order valence-corrected chi connectivity index (χ1v) is 7.45. The van der Waals surface area contributed by atoms with Crippen molar-refractivity contribution in [3.63, 3.8) is 0 Å². The molecule has 17 heavy (non-hydrogen) atoms. The Morgan fingerprint density at radius 1 is 0.882 bits per heavy atom. The van der Waals surface area contributed by atoms with Crippen LogP contribution in [0.3, 0.4) is 0 Å². The number of hydrogen-bond donors (Lipinski definition) is 0. The van der Waals surface area contributed by atoms with Crippen molar-refractivity contribution in [3.05, 3.63) is 11.6 Å². The van der Waals surface area contributed by atoms with E-state index in [1.807, 2.05) is 0 Å². The molecular weight excluding hydrogens is 204 g/mol. The quantitative estimate of drug-likeness (QED) is 0.345. The third kappa shape index (κ3) is 13.2. The molecule has 0 nitrogen and oxygen atoms in total. The van der Waals surface area contributed by atoms with Crippen molar-refractivity contribution in [1.82, 2.24) is 0 Å². The molecule has 0 heteroatoms. The molecule has 0 aliphatic carbocycles. The van der Waals surface area contributed by atoms with Gasteiger partial charge in [-0.15, -0.1) is 0 Å². The minimum atomic E-state index is 1.05. The van der Waals surface area contributed by atoms with Gasteiger partial charge in [-0.05, 0) is 32.3 Å². The molecule has 0 aliphatic rings. The van der Waals surface area contributed by atoms with Crippen LogP contribution in [0.25, 0.3) is 0 Å². The Bertz CT molecular complexity index is 236. The second kappa shape index (κ2) is 13.4. The molecule has 0 aliphatic heterocycles. The fraction of sp³-hybridized carbons (Fsp3) is 0.765. The Hall–Kier alpha value is -0.700. The second-order valence-electron chi connectivity index (χ2n) is 4.93. The summed E-state index contributed by atoms with van der Waals surface area (Å²) in [4.78, 5) is 0. The van der Waals surface area contributed by atoms with E-state index in [4.69, 9.17) is 0 Å². The van der Waals surface area contributed by atoms with Gasteiger partial charge in [-0.1, -0.05) is 69.8 Å². The van der Waals surface area contributed by atoms with Crippen molar-refractivity contribution in [3.8, 4) is 11.8 Å². The van der Waals surface area contributed by atoms with Gasteiger partial charge in [0.05, 0.1) is 0 Å². The van der Waals surface area contributed by atoms with E-state index in [1.165, 1.54) is 63.4 Å². The molecule has 0 saturated heterocycles. The maximum Gasteiger partial charge on any atom is 0.00921 e. The van der Waals surface area contributed by atoms with Gasteiger partial charge in [-0.25, -0.2) is 0 Å². The zero-order valence-electron chi connectivity index (χ0n) is 12.1. The molecule has 0 aromatic carbocycles. The van der Waals surface area contributed by atoms with Crippen LogP contribution in [-0.4, -0.2) is 0 Å². The van der Waals surface area contributed by atoms with Crippen molar-refractivity contribution in [2.45, 2.75) is 85.0 Å². The van der Waals surface area contributed by atoms with Crippen LogP contribution in [0.4, 0.5) is 0 Å². The van der Waals surface area contributed by atoms with E-state index < -0.39 is 0 Å². The monoisotopic (exact) mass is 234 g/mol. The van der Waals surface area contributed by atoms with Gasteiger partial charge in [0.15, 0.2) is 0 Å². The summed E-state index contributed by atoms with van der Waals surface area (Å²) in [6.45, 7) is 6.69. The normalized spacial score (nSPS) is 11.1. The maximum atomic E-state index is 3.21. The Kier molecular flexibility index (Phi) is 12.8. The molecular formula is C17H30. The summed E-state index contributed by atoms with van der Waals surface area (Å²) in [6.07, 6.45) is 15.2. The van der Waals surface area contributed by atoms with Gasteiger partial charge in [0.2, 0.25) is 0 Å². The van der Waals surface area contributed by atoms with Crippen LogP contribution in [0.5, 0.6) is 0 Å². The first-order valence-electron chi connectivity index (χ1n) is 7.45. The van der Waals surface area contributed by atoms with Crippen molar-refractivity contribution >= 4 is 0 Å². The van der Waals surface area contributed by atoms with E-state index in [0.29, 0.717) is 0 Å². The van der Waals surface area contributed by atoms with Crippen molar-refractivity contribution < 1.29 is 0 Å². The van der Waals surface area contributed by atoms with Crippen LogP contribution in [-0.2, 0) is 0 Å². The average Bonchev–Trinajstić information content (AvgIpc) is 2.33. The lowest BCUT2D eigenvalue weighted by molar-refractivity contribution is 0.606. The summed E-state index contributed by atoms with van der Waals surface area (Å²) in [6, 6.07) is 0. The van der Waals surface area contributed by atoms with E-state index >= 15 is 0 Å². The molecule has 0 atom stereocenters. The smallest absolute Gasteiger partial charge is 0.00921 e. The van der Waals surface area contributed by atoms with Crippen molar-refractivity contribution in [2.75, 3.05) is 0 Å². The van der Waals surface area contributed by atoms with Crippen LogP contribution in [0.15, 0.2) is 11.6 Å². The lowest BCUT2D eigenvalue weighted by Crippen LogP contribution is -1.81. The fourth-order valence-corrected chi connectivity index (χ4v) is 1.77. The predicted molar refractivity (Wildman–Crippen MR) is 79.1 cm³/mol. The molecule has 0 aromatic rings. The van der Waals surface area contributed by atoms with Gasteiger partial charge in [0.25, 0.3) is 0 Å². The zero-order valence-corrected chi connectivity index (χ0v) is 12.1. The highest BCUT2D eigenvalue weighted by atomic mass is 14.0. The van der Waals surface area contributed by atoms with Crippen LogP contribution in [0.2, 0.25) is 0 Å². The highest BCUT2D eigenvalue weighted by molar-refractivity contribution is 5.19. The molecule has 0 unspecified atom stereocenters. The van der Waals surface area contributed by atoms with Gasteiger partial charge in [0, 0.05) is 6.42 Å². The van der Waals surface area contributed by atoms with E-state index in [2.05, 4.69) is 38.7 Å². The number of allylic oxidation sites excluding steroid dienone is 2. The Balaban J connectivity index is 3.45. The molecule has 0 fully saturated rings. The molecule has 0 bridgehead atoms. The standard InChI is InChI=1S/C17H30/c1-4-6-8-10-12-14-16-17(3)15-13-11-9-7-5-2/h15H,4-10,12,14,16H2,1-3H3/b17-15+. The molecule has 0 spiro atoms. The molecule has 98 valence electrons. The minimum absolute atomic E-state index is 1.05. The fourth-order valence-electron chi connectivity index (χ4n) is 1.77. The highest BCUT2D eigenvalue weighted by Gasteiger charge is 1.91. The van der Waals surface area contributed by atoms with Gasteiger partial charge in [-0.2, -0.15) is 0 Å². The Labute approximate surface area is 109 Å². The molecule has 0 rings (SSSR count). The second-order valence-corrected chi connectivity index (χ2v) is 4.93. The lowest BCUT2D eigenvalue weighted by atomic mass is 10.1. The summed E-state index contributed by atoms with van der Waals surface area (Å²) in [7, 11) is 0. The predicted octanol–water partition coefficient (Wildman–Crippen LogP) is 5.88. The van der Waals surface area contributed by atoms with Crippen molar-refractivity contribution in [1.29, 1.82) is 0 Å². The van der Waals surface area contributed by atoms with Gasteiger partial charge < -0.3 is 0 Å². The third-order valence-corrected chi connectivity index (χ3v) is 3.00. The van der Waals surface area contributed by atoms with E-state index in [9.17, 15) is 0 Å². The molecule has 0 radical (unpaired) electrons. The largest absolute Gasteiger partial charge is 0.0985 e. The zero-order chi connectivity index (χ0) is 12.8. The first-order chi connectivity index (χ1) is 8.31. The number of hydrogen-bond acceptors (Lipinski definition) is 0. The summed E-state index contributed by atoms with van der Waals surface area (Å²) in [5.41, 5.74) is 1.45. The highest BCUT2D eigenvalue weighted by Crippen LogP contribution is 2.10. The van der Waals surface area contributed by atoms with Gasteiger partial charge >= 0.3 is 0 Å². The molecule has 0 heterocycles. The van der Waals surface area contributed by atoms with E-state index in [-0.39, 0.29) is 0 Å². The van der Waals surface area contributed by atoms with Crippen molar-refractivity contribution in [2.24, 2.45) is 0 Å². The third-order valence-electron chi connectivity index (χ3n) is 3.00. The summed E-state index contributed by atoms with van der Waals surface area (Å²) in [5.74, 6) is 6.38. The maximum absolute atomic E-state index is 3.21. The van der Waals surface area contributed by atoms with Crippen LogP contribution in [0, 0.1) is 11.8 Å². The van der Waals surface area contributed by atoms with E-state index in [1.54, 1.807) is 0 Å². The number of rotatable bonds is 9. The molecule has 0 N–H and O–H groups in total.